The lowest BCUT2D eigenvalue weighted by Crippen LogP contribution is -2.33. The molecule has 1 aliphatic rings. The largest absolute Gasteiger partial charge is 0.349 e. The molecule has 1 aromatic rings. The van der Waals surface area contributed by atoms with Crippen molar-refractivity contribution in [2.75, 3.05) is 0 Å². The van der Waals surface area contributed by atoms with E-state index in [1.165, 1.54) is 0 Å². The second kappa shape index (κ2) is 5.49. The summed E-state index contributed by atoms with van der Waals surface area (Å²) in [6, 6.07) is 3.09. The molecule has 2 rings (SSSR count). The Balaban J connectivity index is 2.15. The molecule has 0 aliphatic heterocycles. The van der Waals surface area contributed by atoms with Crippen molar-refractivity contribution in [2.45, 2.75) is 37.1 Å². The molecule has 7 heteroatoms. The van der Waals surface area contributed by atoms with Crippen molar-refractivity contribution in [3.05, 3.63) is 29.6 Å². The number of carbonyl (C=O) groups is 1. The Bertz CT molecular complexity index is 631. The van der Waals surface area contributed by atoms with Gasteiger partial charge in [-0.1, -0.05) is 6.92 Å². The molecule has 1 fully saturated rings. The Morgan fingerprint density at radius 3 is 2.60 bits per heavy atom. The maximum Gasteiger partial charge on any atom is 0.254 e. The number of nitrogens with one attached hydrogen (secondary N) is 1. The second-order valence-corrected chi connectivity index (χ2v) is 6.84. The molecular formula is C13H17FN2O3S. The van der Waals surface area contributed by atoms with Crippen molar-refractivity contribution in [3.8, 4) is 0 Å². The van der Waals surface area contributed by atoms with Gasteiger partial charge in [-0.15, -0.1) is 0 Å². The summed E-state index contributed by atoms with van der Waals surface area (Å²) in [5.74, 6) is -0.863. The fourth-order valence-electron chi connectivity index (χ4n) is 2.46. The van der Waals surface area contributed by atoms with Crippen LogP contribution in [-0.4, -0.2) is 20.4 Å². The van der Waals surface area contributed by atoms with Crippen molar-refractivity contribution in [2.24, 2.45) is 11.1 Å². The molecule has 0 radical (unpaired) electrons. The molecule has 2 atom stereocenters. The molecule has 1 saturated carbocycles. The highest BCUT2D eigenvalue weighted by molar-refractivity contribution is 7.89. The highest BCUT2D eigenvalue weighted by atomic mass is 32.2. The maximum atomic E-state index is 13.8. The smallest absolute Gasteiger partial charge is 0.254 e. The topological polar surface area (TPSA) is 89.3 Å². The van der Waals surface area contributed by atoms with Gasteiger partial charge in [-0.25, -0.2) is 17.9 Å². The molecule has 3 N–H and O–H groups in total. The van der Waals surface area contributed by atoms with Crippen molar-refractivity contribution in [1.29, 1.82) is 0 Å². The third-order valence-electron chi connectivity index (χ3n) is 3.54. The van der Waals surface area contributed by atoms with Crippen LogP contribution < -0.4 is 10.5 Å². The molecule has 110 valence electrons. The summed E-state index contributed by atoms with van der Waals surface area (Å²) < 4.78 is 36.0. The molecule has 1 aromatic carbocycles. The summed E-state index contributed by atoms with van der Waals surface area (Å²) in [6.07, 6.45) is 2.80. The molecule has 0 spiro atoms. The van der Waals surface area contributed by atoms with E-state index in [-0.39, 0.29) is 16.5 Å². The zero-order valence-corrected chi connectivity index (χ0v) is 11.9. The Morgan fingerprint density at radius 2 is 2.10 bits per heavy atom. The number of benzene rings is 1. The molecule has 20 heavy (non-hydrogen) atoms. The summed E-state index contributed by atoms with van der Waals surface area (Å²) in [5.41, 5.74) is -0.169. The minimum absolute atomic E-state index is 0.0508. The van der Waals surface area contributed by atoms with E-state index in [2.05, 4.69) is 12.2 Å². The number of nitrogens with two attached hydrogens (primary N) is 1. The molecule has 0 saturated heterocycles. The molecule has 2 unspecified atom stereocenters. The third kappa shape index (κ3) is 3.34. The van der Waals surface area contributed by atoms with Gasteiger partial charge in [0.2, 0.25) is 10.0 Å². The summed E-state index contributed by atoms with van der Waals surface area (Å²) in [4.78, 5) is 11.6. The minimum Gasteiger partial charge on any atom is -0.349 e. The fourth-order valence-corrected chi connectivity index (χ4v) is 2.98. The summed E-state index contributed by atoms with van der Waals surface area (Å²) in [5, 5.41) is 7.67. The van der Waals surface area contributed by atoms with E-state index in [1.807, 2.05) is 0 Å². The first-order valence-corrected chi connectivity index (χ1v) is 7.95. The van der Waals surface area contributed by atoms with Crippen LogP contribution in [0.2, 0.25) is 0 Å². The van der Waals surface area contributed by atoms with E-state index in [0.29, 0.717) is 5.92 Å². The van der Waals surface area contributed by atoms with E-state index < -0.39 is 21.7 Å². The number of amides is 1. The van der Waals surface area contributed by atoms with Crippen LogP contribution in [-0.2, 0) is 10.0 Å². The molecule has 0 aromatic heterocycles. The number of hydrogen-bond acceptors (Lipinski definition) is 3. The van der Waals surface area contributed by atoms with Gasteiger partial charge in [0.1, 0.15) is 5.82 Å². The summed E-state index contributed by atoms with van der Waals surface area (Å²) >= 11 is 0. The van der Waals surface area contributed by atoms with Crippen molar-refractivity contribution >= 4 is 15.9 Å². The van der Waals surface area contributed by atoms with Crippen molar-refractivity contribution in [1.82, 2.24) is 5.32 Å². The zero-order valence-electron chi connectivity index (χ0n) is 11.1. The van der Waals surface area contributed by atoms with Gasteiger partial charge in [0, 0.05) is 6.04 Å². The molecular weight excluding hydrogens is 283 g/mol. The van der Waals surface area contributed by atoms with Crippen LogP contribution >= 0.6 is 0 Å². The Kier molecular flexibility index (Phi) is 4.10. The maximum absolute atomic E-state index is 13.8. The number of halogens is 1. The Hall–Kier alpha value is -1.47. The zero-order chi connectivity index (χ0) is 14.9. The molecule has 5 nitrogen and oxygen atoms in total. The first-order valence-electron chi connectivity index (χ1n) is 6.40. The van der Waals surface area contributed by atoms with Crippen LogP contribution in [0.3, 0.4) is 0 Å². The van der Waals surface area contributed by atoms with Crippen LogP contribution in [0.15, 0.2) is 23.1 Å². The summed E-state index contributed by atoms with van der Waals surface area (Å²) in [7, 11) is -3.97. The Labute approximate surface area is 117 Å². The predicted octanol–water partition coefficient (Wildman–Crippen LogP) is 1.39. The minimum atomic E-state index is -3.97. The van der Waals surface area contributed by atoms with Crippen LogP contribution in [0.1, 0.15) is 36.5 Å². The first-order chi connectivity index (χ1) is 9.27. The lowest BCUT2D eigenvalue weighted by atomic mass is 10.1. The molecule has 0 heterocycles. The lowest BCUT2D eigenvalue weighted by Gasteiger charge is -2.13. The van der Waals surface area contributed by atoms with E-state index in [4.69, 9.17) is 5.14 Å². The second-order valence-electron chi connectivity index (χ2n) is 5.28. The summed E-state index contributed by atoms with van der Waals surface area (Å²) in [6.45, 7) is 2.10. The van der Waals surface area contributed by atoms with Gasteiger partial charge in [-0.05, 0) is 43.4 Å². The van der Waals surface area contributed by atoms with Gasteiger partial charge in [-0.2, -0.15) is 0 Å². The van der Waals surface area contributed by atoms with E-state index >= 15 is 0 Å². The van der Waals surface area contributed by atoms with Crippen molar-refractivity contribution in [3.63, 3.8) is 0 Å². The molecule has 1 amide bonds. The van der Waals surface area contributed by atoms with Crippen LogP contribution in [0.25, 0.3) is 0 Å². The average molecular weight is 300 g/mol. The number of hydrogen-bond donors (Lipinski definition) is 2. The lowest BCUT2D eigenvalue weighted by molar-refractivity contribution is 0.0933. The monoisotopic (exact) mass is 300 g/mol. The Morgan fingerprint density at radius 1 is 1.40 bits per heavy atom. The number of primary sulfonamides is 1. The number of rotatable bonds is 3. The van der Waals surface area contributed by atoms with E-state index in [1.54, 1.807) is 0 Å². The van der Waals surface area contributed by atoms with Gasteiger partial charge < -0.3 is 5.32 Å². The predicted molar refractivity (Wildman–Crippen MR) is 72.0 cm³/mol. The first kappa shape index (κ1) is 14.9. The molecule has 1 aliphatic carbocycles. The third-order valence-corrected chi connectivity index (χ3v) is 4.45. The highest BCUT2D eigenvalue weighted by Gasteiger charge is 2.24. The van der Waals surface area contributed by atoms with Gasteiger partial charge in [-0.3, -0.25) is 4.79 Å². The van der Waals surface area contributed by atoms with Gasteiger partial charge in [0.15, 0.2) is 0 Å². The SMILES string of the molecule is CC1CCC(NC(=O)c2ccc(S(N)(=O)=O)cc2F)C1. The standard InChI is InChI=1S/C13H17FN2O3S/c1-8-2-3-9(6-8)16-13(17)11-5-4-10(7-12(11)14)20(15,18)19/h4-5,7-9H,2-3,6H2,1H3,(H,16,17)(H2,15,18,19). The molecule has 0 bridgehead atoms. The highest BCUT2D eigenvalue weighted by Crippen LogP contribution is 2.25. The number of sulfonamides is 1. The fraction of sp³-hybridized carbons (Fsp3) is 0.462. The van der Waals surface area contributed by atoms with Gasteiger partial charge >= 0.3 is 0 Å². The van der Waals surface area contributed by atoms with E-state index in [0.717, 1.165) is 37.5 Å². The van der Waals surface area contributed by atoms with Crippen LogP contribution in [0.4, 0.5) is 4.39 Å². The number of carbonyl (C=O) groups excluding carboxylic acids is 1. The van der Waals surface area contributed by atoms with E-state index in [9.17, 15) is 17.6 Å². The average Bonchev–Trinajstić information content (AvgIpc) is 2.73. The van der Waals surface area contributed by atoms with Crippen LogP contribution in [0.5, 0.6) is 0 Å². The van der Waals surface area contributed by atoms with Crippen LogP contribution in [0, 0.1) is 11.7 Å². The van der Waals surface area contributed by atoms with Gasteiger partial charge in [0.05, 0.1) is 10.5 Å². The van der Waals surface area contributed by atoms with Gasteiger partial charge in [0.25, 0.3) is 5.91 Å². The normalized spacial score (nSPS) is 22.8. The quantitative estimate of drug-likeness (QED) is 0.884. The van der Waals surface area contributed by atoms with Crippen molar-refractivity contribution < 1.29 is 17.6 Å².